The SMILES string of the molecule is O=c1ccon1[C@H]1CCN[C@@H](c2ccc(C(F)(F)F)cc2F)C1. The van der Waals surface area contributed by atoms with Crippen LogP contribution >= 0.6 is 0 Å². The van der Waals surface area contributed by atoms with Crippen molar-refractivity contribution in [2.24, 2.45) is 0 Å². The summed E-state index contributed by atoms with van der Waals surface area (Å²) >= 11 is 0. The van der Waals surface area contributed by atoms with Crippen molar-refractivity contribution in [2.45, 2.75) is 31.1 Å². The molecule has 0 amide bonds. The molecule has 4 nitrogen and oxygen atoms in total. The lowest BCUT2D eigenvalue weighted by Crippen LogP contribution is -2.35. The van der Waals surface area contributed by atoms with Gasteiger partial charge in [-0.25, -0.2) is 4.39 Å². The van der Waals surface area contributed by atoms with E-state index < -0.39 is 23.6 Å². The monoisotopic (exact) mass is 330 g/mol. The highest BCUT2D eigenvalue weighted by atomic mass is 19.4. The van der Waals surface area contributed by atoms with E-state index in [1.165, 1.54) is 17.1 Å². The third-order valence-electron chi connectivity index (χ3n) is 4.01. The molecule has 1 aromatic heterocycles. The number of hydrogen-bond donors (Lipinski definition) is 1. The molecule has 124 valence electrons. The van der Waals surface area contributed by atoms with Gasteiger partial charge in [0.25, 0.3) is 5.56 Å². The second-order valence-corrected chi connectivity index (χ2v) is 5.49. The van der Waals surface area contributed by atoms with Gasteiger partial charge in [0, 0.05) is 17.7 Å². The minimum atomic E-state index is -4.58. The summed E-state index contributed by atoms with van der Waals surface area (Å²) in [6.07, 6.45) is -2.33. The van der Waals surface area contributed by atoms with Gasteiger partial charge >= 0.3 is 6.18 Å². The van der Waals surface area contributed by atoms with E-state index in [1.54, 1.807) is 0 Å². The summed E-state index contributed by atoms with van der Waals surface area (Å²) in [5.41, 5.74) is -1.15. The number of alkyl halides is 3. The summed E-state index contributed by atoms with van der Waals surface area (Å²) < 4.78 is 58.2. The summed E-state index contributed by atoms with van der Waals surface area (Å²) in [6.45, 7) is 0.503. The van der Waals surface area contributed by atoms with Crippen molar-refractivity contribution >= 4 is 0 Å². The Labute approximate surface area is 128 Å². The molecule has 1 aliphatic rings. The van der Waals surface area contributed by atoms with Gasteiger partial charge in [-0.05, 0) is 31.5 Å². The van der Waals surface area contributed by atoms with E-state index >= 15 is 0 Å². The molecule has 1 aromatic carbocycles. The maximum absolute atomic E-state index is 14.1. The van der Waals surface area contributed by atoms with Crippen LogP contribution in [-0.4, -0.2) is 11.3 Å². The number of hydrogen-bond acceptors (Lipinski definition) is 3. The van der Waals surface area contributed by atoms with Crippen molar-refractivity contribution in [3.63, 3.8) is 0 Å². The van der Waals surface area contributed by atoms with Gasteiger partial charge in [-0.3, -0.25) is 4.79 Å². The van der Waals surface area contributed by atoms with E-state index in [4.69, 9.17) is 4.52 Å². The van der Waals surface area contributed by atoms with Crippen molar-refractivity contribution < 1.29 is 22.1 Å². The first-order valence-corrected chi connectivity index (χ1v) is 7.13. The largest absolute Gasteiger partial charge is 0.416 e. The summed E-state index contributed by atoms with van der Waals surface area (Å²) in [5, 5.41) is 3.07. The van der Waals surface area contributed by atoms with E-state index in [0.29, 0.717) is 25.5 Å². The van der Waals surface area contributed by atoms with Gasteiger partial charge in [-0.15, -0.1) is 0 Å². The van der Waals surface area contributed by atoms with Crippen LogP contribution in [0.2, 0.25) is 0 Å². The standard InChI is InChI=1S/C15H14F4N2O2/c16-12-7-9(15(17,18)19)1-2-11(12)13-8-10(3-5-20-13)21-14(22)4-6-23-21/h1-2,4,6-7,10,13,20H,3,5,8H2/t10-,13+/m0/s1. The molecule has 1 saturated heterocycles. The quantitative estimate of drug-likeness (QED) is 0.860. The van der Waals surface area contributed by atoms with Crippen molar-refractivity contribution in [3.05, 3.63) is 57.8 Å². The molecule has 0 aliphatic carbocycles. The first-order valence-electron chi connectivity index (χ1n) is 7.13. The maximum atomic E-state index is 14.1. The summed E-state index contributed by atoms with van der Waals surface area (Å²) in [7, 11) is 0. The van der Waals surface area contributed by atoms with Gasteiger partial charge in [0.1, 0.15) is 12.1 Å². The van der Waals surface area contributed by atoms with Crippen LogP contribution in [0.25, 0.3) is 0 Å². The van der Waals surface area contributed by atoms with Crippen molar-refractivity contribution in [1.82, 2.24) is 10.1 Å². The average molecular weight is 330 g/mol. The minimum Gasteiger partial charge on any atom is -0.384 e. The first kappa shape index (κ1) is 15.8. The Bertz CT molecular complexity index is 750. The van der Waals surface area contributed by atoms with E-state index in [-0.39, 0.29) is 17.2 Å². The van der Waals surface area contributed by atoms with Crippen LogP contribution in [0.15, 0.2) is 39.8 Å². The summed E-state index contributed by atoms with van der Waals surface area (Å²) in [5.74, 6) is -0.912. The maximum Gasteiger partial charge on any atom is 0.416 e. The molecule has 1 fully saturated rings. The lowest BCUT2D eigenvalue weighted by atomic mass is 9.93. The fourth-order valence-electron chi connectivity index (χ4n) is 2.88. The Hall–Kier alpha value is -2.09. The predicted molar refractivity (Wildman–Crippen MR) is 73.4 cm³/mol. The molecule has 0 saturated carbocycles. The first-order chi connectivity index (χ1) is 10.9. The highest BCUT2D eigenvalue weighted by Gasteiger charge is 2.33. The number of nitrogens with zero attached hydrogens (tertiary/aromatic N) is 1. The molecule has 0 radical (unpaired) electrons. The van der Waals surface area contributed by atoms with Crippen LogP contribution in [0.3, 0.4) is 0 Å². The highest BCUT2D eigenvalue weighted by Crippen LogP contribution is 2.34. The Morgan fingerprint density at radius 2 is 2.04 bits per heavy atom. The number of rotatable bonds is 2. The van der Waals surface area contributed by atoms with Crippen molar-refractivity contribution in [2.75, 3.05) is 6.54 Å². The Morgan fingerprint density at radius 1 is 1.26 bits per heavy atom. The van der Waals surface area contributed by atoms with Crippen LogP contribution in [0, 0.1) is 5.82 Å². The van der Waals surface area contributed by atoms with Gasteiger partial charge in [0.2, 0.25) is 0 Å². The predicted octanol–water partition coefficient (Wildman–Crippen LogP) is 3.27. The highest BCUT2D eigenvalue weighted by molar-refractivity contribution is 5.29. The molecule has 2 aromatic rings. The molecular weight excluding hydrogens is 316 g/mol. The molecule has 0 unspecified atom stereocenters. The number of halogens is 4. The average Bonchev–Trinajstić information content (AvgIpc) is 2.92. The zero-order chi connectivity index (χ0) is 16.6. The number of aromatic nitrogens is 1. The van der Waals surface area contributed by atoms with Crippen LogP contribution < -0.4 is 10.9 Å². The Kier molecular flexibility index (Phi) is 4.01. The Morgan fingerprint density at radius 3 is 2.65 bits per heavy atom. The molecule has 3 rings (SSSR count). The molecular formula is C15H14F4N2O2. The van der Waals surface area contributed by atoms with Crippen LogP contribution in [-0.2, 0) is 6.18 Å². The number of benzene rings is 1. The van der Waals surface area contributed by atoms with Gasteiger partial charge in [0.15, 0.2) is 0 Å². The zero-order valence-corrected chi connectivity index (χ0v) is 11.9. The third kappa shape index (κ3) is 3.17. The van der Waals surface area contributed by atoms with Crippen molar-refractivity contribution in [1.29, 1.82) is 0 Å². The fraction of sp³-hybridized carbons (Fsp3) is 0.400. The summed E-state index contributed by atoms with van der Waals surface area (Å²) in [6, 6.07) is 3.06. The topological polar surface area (TPSA) is 47.2 Å². The molecule has 0 bridgehead atoms. The Balaban J connectivity index is 1.84. The summed E-state index contributed by atoms with van der Waals surface area (Å²) in [4.78, 5) is 11.6. The van der Waals surface area contributed by atoms with Gasteiger partial charge in [-0.1, -0.05) is 6.07 Å². The minimum absolute atomic E-state index is 0.155. The van der Waals surface area contributed by atoms with Crippen LogP contribution in [0.1, 0.15) is 36.1 Å². The normalized spacial score (nSPS) is 22.3. The van der Waals surface area contributed by atoms with Crippen LogP contribution in [0.4, 0.5) is 17.6 Å². The lowest BCUT2D eigenvalue weighted by Gasteiger charge is -2.30. The van der Waals surface area contributed by atoms with E-state index in [9.17, 15) is 22.4 Å². The van der Waals surface area contributed by atoms with Crippen molar-refractivity contribution in [3.8, 4) is 0 Å². The number of piperidine rings is 1. The second kappa shape index (κ2) is 5.84. The third-order valence-corrected chi connectivity index (χ3v) is 4.01. The number of nitrogens with one attached hydrogen (secondary N) is 1. The lowest BCUT2D eigenvalue weighted by molar-refractivity contribution is -0.137. The van der Waals surface area contributed by atoms with Gasteiger partial charge in [-0.2, -0.15) is 17.9 Å². The fourth-order valence-corrected chi connectivity index (χ4v) is 2.88. The molecule has 23 heavy (non-hydrogen) atoms. The van der Waals surface area contributed by atoms with Gasteiger partial charge < -0.3 is 9.84 Å². The van der Waals surface area contributed by atoms with E-state index in [2.05, 4.69) is 5.32 Å². The molecule has 2 atom stereocenters. The molecule has 2 heterocycles. The molecule has 1 N–H and O–H groups in total. The van der Waals surface area contributed by atoms with E-state index in [0.717, 1.165) is 12.1 Å². The van der Waals surface area contributed by atoms with E-state index in [1.807, 2.05) is 0 Å². The van der Waals surface area contributed by atoms with Gasteiger partial charge in [0.05, 0.1) is 11.6 Å². The zero-order valence-electron chi connectivity index (χ0n) is 11.9. The second-order valence-electron chi connectivity index (χ2n) is 5.49. The van der Waals surface area contributed by atoms with Crippen LogP contribution in [0.5, 0.6) is 0 Å². The molecule has 1 aliphatic heterocycles. The molecule has 0 spiro atoms. The smallest absolute Gasteiger partial charge is 0.384 e. The molecule has 8 heteroatoms.